The molecule has 0 aliphatic rings. The van der Waals surface area contributed by atoms with Gasteiger partial charge in [-0.15, -0.1) is 0 Å². The Morgan fingerprint density at radius 2 is 1.17 bits per heavy atom. The summed E-state index contributed by atoms with van der Waals surface area (Å²) < 4.78 is 32.4. The minimum Gasteiger partial charge on any atom is -0.480 e. The van der Waals surface area contributed by atoms with Crippen molar-refractivity contribution in [3.05, 3.63) is 109 Å². The maximum atomic E-state index is 12.7. The zero-order valence-electron chi connectivity index (χ0n) is 37.4. The molecule has 0 fully saturated rings. The number of phosphoric acid groups is 1. The molecule has 0 aromatic rings. The van der Waals surface area contributed by atoms with E-state index < -0.39 is 76.0 Å². The van der Waals surface area contributed by atoms with Crippen LogP contribution in [0.15, 0.2) is 109 Å². The molecule has 0 radical (unpaired) electrons. The van der Waals surface area contributed by atoms with Gasteiger partial charge in [-0.05, 0) is 70.6 Å². The lowest BCUT2D eigenvalue weighted by molar-refractivity contribution is -0.161. The molecule has 0 aliphatic carbocycles. The standard InChI is InChI=1S/C48H76NO13P/c1-3-5-7-8-9-10-11-12-13-14-15-16-17-18-19-20-21-26-30-36-46(53)59-38-42(39-60-63(57,58)61-40-43(49)48(55)56)62-47(54)37-31-35-45(52)44(51)34-29-25-23-22-24-28-33-41(50)32-27-6-4-2/h5,7,9-10,12-13,15-16,18-19,22-25,28-29,33-34,41-45,50-52H,3-4,6,8,11,14,17,20-21,26-27,30-32,35-40,49H2,1-2H3,(H,55,56)(H,57,58)/b7-5-,10-9-,13-12-,16-15-,19-18-,24-22-,25-23+,33-28+,34-29+/t41-,42+,43-,44-,45-/m0/s1. The number of esters is 2. The topological polar surface area (TPSA) is 232 Å². The molecule has 15 heteroatoms. The molecule has 6 atom stereocenters. The second kappa shape index (κ2) is 40.8. The van der Waals surface area contributed by atoms with Gasteiger partial charge in [0.2, 0.25) is 0 Å². The molecule has 0 saturated heterocycles. The smallest absolute Gasteiger partial charge is 0.472 e. The number of carbonyl (C=O) groups excluding carboxylic acids is 2. The average Bonchev–Trinajstić information content (AvgIpc) is 3.25. The Kier molecular flexibility index (Phi) is 38.2. The maximum absolute atomic E-state index is 12.7. The zero-order chi connectivity index (χ0) is 46.8. The highest BCUT2D eigenvalue weighted by molar-refractivity contribution is 7.47. The van der Waals surface area contributed by atoms with Gasteiger partial charge in [0, 0.05) is 12.8 Å². The van der Waals surface area contributed by atoms with Crippen molar-refractivity contribution in [1.82, 2.24) is 0 Å². The van der Waals surface area contributed by atoms with Crippen LogP contribution in [0.1, 0.15) is 123 Å². The lowest BCUT2D eigenvalue weighted by Gasteiger charge is -2.20. The second-order valence-corrected chi connectivity index (χ2v) is 16.1. The van der Waals surface area contributed by atoms with Gasteiger partial charge in [0.15, 0.2) is 6.10 Å². The van der Waals surface area contributed by atoms with E-state index in [-0.39, 0.29) is 25.7 Å². The highest BCUT2D eigenvalue weighted by atomic mass is 31.2. The lowest BCUT2D eigenvalue weighted by Crippen LogP contribution is -2.34. The first-order chi connectivity index (χ1) is 30.3. The van der Waals surface area contributed by atoms with Crippen molar-refractivity contribution in [3.8, 4) is 0 Å². The Morgan fingerprint density at radius 3 is 1.78 bits per heavy atom. The van der Waals surface area contributed by atoms with Gasteiger partial charge in [-0.2, -0.15) is 0 Å². The van der Waals surface area contributed by atoms with Crippen LogP contribution in [0.4, 0.5) is 0 Å². The highest BCUT2D eigenvalue weighted by Gasteiger charge is 2.28. The summed E-state index contributed by atoms with van der Waals surface area (Å²) in [5.74, 6) is -2.82. The van der Waals surface area contributed by atoms with Crippen LogP contribution < -0.4 is 5.73 Å². The Bertz CT molecular complexity index is 1530. The SMILES string of the molecule is CC/C=C\C/C=C\C/C=C\C/C=C\C/C=C\CCCCCC(=O)OC[C@H](COP(=O)(O)OC[C@H](N)C(=O)O)OC(=O)CCC[C@H](O)[C@@H](O)/C=C/C=C/C=C\C=C\[C@@H](O)CCCCC. The van der Waals surface area contributed by atoms with E-state index in [0.717, 1.165) is 77.0 Å². The van der Waals surface area contributed by atoms with Crippen LogP contribution in [0.25, 0.3) is 0 Å². The van der Waals surface area contributed by atoms with Gasteiger partial charge in [-0.3, -0.25) is 23.4 Å². The Balaban J connectivity index is 4.75. The van der Waals surface area contributed by atoms with E-state index in [1.807, 2.05) is 0 Å². The Labute approximate surface area is 375 Å². The normalized spacial score (nSPS) is 16.2. The first kappa shape index (κ1) is 59.0. The summed E-state index contributed by atoms with van der Waals surface area (Å²) in [7, 11) is -4.83. The summed E-state index contributed by atoms with van der Waals surface area (Å²) in [6, 6.07) is -1.59. The lowest BCUT2D eigenvalue weighted by atomic mass is 10.1. The van der Waals surface area contributed by atoms with Crippen LogP contribution in [0.5, 0.6) is 0 Å². The molecular weight excluding hydrogens is 829 g/mol. The number of aliphatic hydroxyl groups excluding tert-OH is 3. The molecular formula is C48H76NO13P. The fourth-order valence-electron chi connectivity index (χ4n) is 5.24. The summed E-state index contributed by atoms with van der Waals surface area (Å²) in [6.45, 7) is 2.18. The number of rotatable bonds is 39. The third-order valence-corrected chi connectivity index (χ3v) is 9.82. The van der Waals surface area contributed by atoms with Gasteiger partial charge in [0.05, 0.1) is 31.5 Å². The second-order valence-electron chi connectivity index (χ2n) is 14.7. The predicted molar refractivity (Wildman–Crippen MR) is 248 cm³/mol. The Hall–Kier alpha value is -3.98. The number of allylic oxidation sites excluding steroid dienone is 16. The number of aliphatic hydroxyl groups is 3. The summed E-state index contributed by atoms with van der Waals surface area (Å²) in [5, 5.41) is 39.4. The monoisotopic (exact) mass is 906 g/mol. The minimum atomic E-state index is -4.83. The number of hydrogen-bond acceptors (Lipinski definition) is 12. The molecule has 0 aromatic carbocycles. The maximum Gasteiger partial charge on any atom is 0.472 e. The van der Waals surface area contributed by atoms with E-state index in [1.165, 1.54) is 6.08 Å². The molecule has 0 rings (SSSR count). The first-order valence-corrected chi connectivity index (χ1v) is 23.7. The molecule has 0 aromatic heterocycles. The van der Waals surface area contributed by atoms with Crippen molar-refractivity contribution in [3.63, 3.8) is 0 Å². The molecule has 0 bridgehead atoms. The zero-order valence-corrected chi connectivity index (χ0v) is 38.3. The van der Waals surface area contributed by atoms with Crippen LogP contribution >= 0.6 is 7.82 Å². The van der Waals surface area contributed by atoms with E-state index in [4.69, 9.17) is 24.8 Å². The molecule has 356 valence electrons. The van der Waals surface area contributed by atoms with Crippen molar-refractivity contribution in [2.24, 2.45) is 5.73 Å². The first-order valence-electron chi connectivity index (χ1n) is 22.2. The Morgan fingerprint density at radius 1 is 0.619 bits per heavy atom. The third kappa shape index (κ3) is 39.4. The van der Waals surface area contributed by atoms with E-state index in [1.54, 1.807) is 42.5 Å². The minimum absolute atomic E-state index is 0.0380. The average molecular weight is 906 g/mol. The van der Waals surface area contributed by atoms with E-state index in [0.29, 0.717) is 6.42 Å². The fourth-order valence-corrected chi connectivity index (χ4v) is 6.02. The van der Waals surface area contributed by atoms with E-state index in [9.17, 15) is 39.2 Å². The quantitative estimate of drug-likeness (QED) is 0.0111. The van der Waals surface area contributed by atoms with Crippen LogP contribution in [-0.2, 0) is 37.5 Å². The number of hydrogen-bond donors (Lipinski definition) is 6. The molecule has 0 amide bonds. The number of phosphoric ester groups is 1. The number of carboxylic acids is 1. The third-order valence-electron chi connectivity index (χ3n) is 8.87. The number of nitrogens with two attached hydrogens (primary N) is 1. The van der Waals surface area contributed by atoms with E-state index >= 15 is 0 Å². The number of ether oxygens (including phenoxy) is 2. The molecule has 63 heavy (non-hydrogen) atoms. The fraction of sp³-hybridized carbons (Fsp3) is 0.562. The van der Waals surface area contributed by atoms with Gasteiger partial charge in [-0.1, -0.05) is 149 Å². The molecule has 0 spiro atoms. The molecule has 7 N–H and O–H groups in total. The van der Waals surface area contributed by atoms with Crippen LogP contribution in [0.2, 0.25) is 0 Å². The van der Waals surface area contributed by atoms with Crippen molar-refractivity contribution < 1.29 is 62.8 Å². The van der Waals surface area contributed by atoms with Crippen LogP contribution in [-0.4, -0.2) is 93.5 Å². The summed E-state index contributed by atoms with van der Waals surface area (Å²) in [6.07, 6.45) is 42.3. The van der Waals surface area contributed by atoms with E-state index in [2.05, 4.69) is 79.1 Å². The number of carbonyl (C=O) groups is 3. The largest absolute Gasteiger partial charge is 0.480 e. The van der Waals surface area contributed by atoms with Gasteiger partial charge >= 0.3 is 25.7 Å². The summed E-state index contributed by atoms with van der Waals surface area (Å²) in [4.78, 5) is 46.1. The predicted octanol–water partition coefficient (Wildman–Crippen LogP) is 8.75. The number of aliphatic carboxylic acids is 1. The molecule has 0 saturated carbocycles. The molecule has 1 unspecified atom stereocenters. The van der Waals surface area contributed by atoms with Crippen molar-refractivity contribution in [1.29, 1.82) is 0 Å². The number of unbranched alkanes of at least 4 members (excludes halogenated alkanes) is 5. The van der Waals surface area contributed by atoms with Crippen LogP contribution in [0, 0.1) is 0 Å². The molecule has 0 aliphatic heterocycles. The van der Waals surface area contributed by atoms with Crippen LogP contribution in [0.3, 0.4) is 0 Å². The number of carboxylic acid groups (broad SMARTS) is 1. The molecule has 14 nitrogen and oxygen atoms in total. The van der Waals surface area contributed by atoms with Crippen molar-refractivity contribution in [2.45, 2.75) is 153 Å². The van der Waals surface area contributed by atoms with Gasteiger partial charge in [0.1, 0.15) is 12.6 Å². The van der Waals surface area contributed by atoms with Gasteiger partial charge < -0.3 is 40.5 Å². The van der Waals surface area contributed by atoms with Gasteiger partial charge in [-0.25, -0.2) is 4.57 Å². The van der Waals surface area contributed by atoms with Gasteiger partial charge in [0.25, 0.3) is 0 Å². The highest BCUT2D eigenvalue weighted by Crippen LogP contribution is 2.43. The summed E-state index contributed by atoms with van der Waals surface area (Å²) >= 11 is 0. The van der Waals surface area contributed by atoms with Crippen molar-refractivity contribution >= 4 is 25.7 Å². The molecule has 0 heterocycles. The summed E-state index contributed by atoms with van der Waals surface area (Å²) in [5.41, 5.74) is 5.31. The van der Waals surface area contributed by atoms with Crippen molar-refractivity contribution in [2.75, 3.05) is 19.8 Å².